The van der Waals surface area contributed by atoms with Crippen LogP contribution in [0, 0.1) is 0 Å². The van der Waals surface area contributed by atoms with E-state index in [2.05, 4.69) is 5.16 Å². The van der Waals surface area contributed by atoms with Crippen LogP contribution in [0.15, 0.2) is 59.8 Å². The summed E-state index contributed by atoms with van der Waals surface area (Å²) in [6.07, 6.45) is -5.41. The third-order valence-electron chi connectivity index (χ3n) is 5.15. The first-order valence-corrected chi connectivity index (χ1v) is 10.0. The van der Waals surface area contributed by atoms with Gasteiger partial charge < -0.3 is 30.4 Å². The van der Waals surface area contributed by atoms with Crippen LogP contribution in [0.3, 0.4) is 0 Å². The summed E-state index contributed by atoms with van der Waals surface area (Å²) in [6, 6.07) is 17.4. The number of aliphatic hydroxyl groups is 4. The molecule has 1 saturated heterocycles. The maximum atomic E-state index is 10.4. The highest BCUT2D eigenvalue weighted by atomic mass is 32.2. The van der Waals surface area contributed by atoms with Gasteiger partial charge in [0.1, 0.15) is 34.9 Å². The van der Waals surface area contributed by atoms with Crippen LogP contribution in [0.1, 0.15) is 5.56 Å². The molecule has 8 heteroatoms. The van der Waals surface area contributed by atoms with Crippen LogP contribution in [0.25, 0.3) is 21.5 Å². The monoisotopic (exact) mass is 415 g/mol. The van der Waals surface area contributed by atoms with Gasteiger partial charge in [0.05, 0.1) is 6.61 Å². The van der Waals surface area contributed by atoms with Crippen molar-refractivity contribution >= 4 is 38.4 Å². The number of benzene rings is 3. The van der Waals surface area contributed by atoms with Crippen LogP contribution < -0.4 is 0 Å². The molecule has 1 aliphatic rings. The van der Waals surface area contributed by atoms with Crippen molar-refractivity contribution in [2.24, 2.45) is 5.16 Å². The normalized spacial score (nSPS) is 28.1. The summed E-state index contributed by atoms with van der Waals surface area (Å²) < 4.78 is 5.57. The quantitative estimate of drug-likeness (QED) is 0.145. The second-order valence-electron chi connectivity index (χ2n) is 6.91. The number of oxime groups is 1. The number of rotatable bonds is 3. The number of hydrogen-bond acceptors (Lipinski definition) is 8. The molecule has 7 nitrogen and oxygen atoms in total. The van der Waals surface area contributed by atoms with Crippen LogP contribution in [0.5, 0.6) is 0 Å². The molecule has 0 aliphatic carbocycles. The van der Waals surface area contributed by atoms with Gasteiger partial charge >= 0.3 is 0 Å². The molecular weight excluding hydrogens is 394 g/mol. The van der Waals surface area contributed by atoms with Crippen molar-refractivity contribution in [1.29, 1.82) is 0 Å². The first-order valence-electron chi connectivity index (χ1n) is 9.15. The number of ether oxygens (including phenoxy) is 1. The van der Waals surface area contributed by atoms with Gasteiger partial charge in [-0.1, -0.05) is 65.4 Å². The van der Waals surface area contributed by atoms with Crippen LogP contribution in [0.4, 0.5) is 0 Å². The highest BCUT2D eigenvalue weighted by Gasteiger charge is 2.44. The summed E-state index contributed by atoms with van der Waals surface area (Å²) in [7, 11) is 0. The predicted molar refractivity (Wildman–Crippen MR) is 111 cm³/mol. The minimum Gasteiger partial charge on any atom is -0.410 e. The topological polar surface area (TPSA) is 123 Å². The minimum absolute atomic E-state index is 0.197. The standard InChI is InChI=1S/C21H21NO6S/c23-10-15-17(24)18(25)19(26)21(28-15)29-20(22-27)16-13-7-3-1-5-11(13)9-12-6-2-4-8-14(12)16/h1-9,15,17-19,21,23-27H,10H2/b22-20-/t15-,17-,18+,19-,21+/m1/s1. The summed E-state index contributed by atoms with van der Waals surface area (Å²) in [4.78, 5) is 0. The van der Waals surface area contributed by atoms with E-state index in [0.29, 0.717) is 5.56 Å². The molecule has 3 aromatic carbocycles. The van der Waals surface area contributed by atoms with Crippen molar-refractivity contribution in [2.45, 2.75) is 29.9 Å². The molecule has 5 atom stereocenters. The Morgan fingerprint density at radius 2 is 1.48 bits per heavy atom. The number of aliphatic hydroxyl groups excluding tert-OH is 4. The predicted octanol–water partition coefficient (Wildman–Crippen LogP) is 1.66. The third kappa shape index (κ3) is 3.59. The van der Waals surface area contributed by atoms with Gasteiger partial charge in [0.2, 0.25) is 0 Å². The Kier molecular flexibility index (Phi) is 5.73. The van der Waals surface area contributed by atoms with E-state index >= 15 is 0 Å². The van der Waals surface area contributed by atoms with Gasteiger partial charge in [0, 0.05) is 5.56 Å². The maximum Gasteiger partial charge on any atom is 0.146 e. The third-order valence-corrected chi connectivity index (χ3v) is 6.28. The van der Waals surface area contributed by atoms with Crippen LogP contribution >= 0.6 is 11.8 Å². The molecule has 152 valence electrons. The fraction of sp³-hybridized carbons (Fsp3) is 0.286. The average Bonchev–Trinajstić information content (AvgIpc) is 2.76. The lowest BCUT2D eigenvalue weighted by atomic mass is 9.97. The van der Waals surface area contributed by atoms with Crippen molar-refractivity contribution in [3.05, 3.63) is 60.2 Å². The van der Waals surface area contributed by atoms with E-state index in [1.54, 1.807) is 0 Å². The zero-order chi connectivity index (χ0) is 20.5. The summed E-state index contributed by atoms with van der Waals surface area (Å²) in [5, 5.41) is 56.9. The fourth-order valence-corrected chi connectivity index (χ4v) is 4.76. The van der Waals surface area contributed by atoms with Crippen LogP contribution in [-0.2, 0) is 4.74 Å². The first kappa shape index (κ1) is 20.1. The van der Waals surface area contributed by atoms with Gasteiger partial charge in [-0.15, -0.1) is 0 Å². The molecular formula is C21H21NO6S. The Hall–Kier alpha value is -2.20. The molecule has 29 heavy (non-hydrogen) atoms. The highest BCUT2D eigenvalue weighted by Crippen LogP contribution is 2.36. The molecule has 0 spiro atoms. The van der Waals surface area contributed by atoms with Gasteiger partial charge in [0.25, 0.3) is 0 Å². The van der Waals surface area contributed by atoms with Gasteiger partial charge in [-0.05, 0) is 27.6 Å². The average molecular weight is 415 g/mol. The van der Waals surface area contributed by atoms with Gasteiger partial charge in [-0.3, -0.25) is 0 Å². The molecule has 0 amide bonds. The maximum absolute atomic E-state index is 10.4. The zero-order valence-corrected chi connectivity index (χ0v) is 16.1. The van der Waals surface area contributed by atoms with E-state index < -0.39 is 36.5 Å². The van der Waals surface area contributed by atoms with E-state index in [4.69, 9.17) is 4.74 Å². The molecule has 4 rings (SSSR count). The summed E-state index contributed by atoms with van der Waals surface area (Å²) >= 11 is 0.927. The van der Waals surface area contributed by atoms with Crippen LogP contribution in [-0.4, -0.2) is 67.1 Å². The second-order valence-corrected chi connectivity index (χ2v) is 8.00. The molecule has 0 radical (unpaired) electrons. The van der Waals surface area contributed by atoms with Crippen molar-refractivity contribution < 1.29 is 30.4 Å². The Bertz CT molecular complexity index is 1000. The van der Waals surface area contributed by atoms with Crippen molar-refractivity contribution in [3.8, 4) is 0 Å². The largest absolute Gasteiger partial charge is 0.410 e. The number of hydrogen-bond donors (Lipinski definition) is 5. The molecule has 1 fully saturated rings. The van der Waals surface area contributed by atoms with E-state index in [1.807, 2.05) is 54.6 Å². The lowest BCUT2D eigenvalue weighted by Crippen LogP contribution is -2.57. The molecule has 1 heterocycles. The highest BCUT2D eigenvalue weighted by molar-refractivity contribution is 8.14. The molecule has 0 aromatic heterocycles. The van der Waals surface area contributed by atoms with Gasteiger partial charge in [-0.25, -0.2) is 0 Å². The van der Waals surface area contributed by atoms with Gasteiger partial charge in [-0.2, -0.15) is 0 Å². The molecule has 0 bridgehead atoms. The second kappa shape index (κ2) is 8.27. The Morgan fingerprint density at radius 1 is 0.897 bits per heavy atom. The summed E-state index contributed by atoms with van der Waals surface area (Å²) in [5.41, 5.74) is -0.377. The Morgan fingerprint density at radius 3 is 2.03 bits per heavy atom. The molecule has 0 saturated carbocycles. The Labute approximate surface area is 170 Å². The van der Waals surface area contributed by atoms with E-state index in [0.717, 1.165) is 33.3 Å². The van der Waals surface area contributed by atoms with Crippen molar-refractivity contribution in [3.63, 3.8) is 0 Å². The van der Waals surface area contributed by atoms with E-state index in [1.165, 1.54) is 0 Å². The first-order chi connectivity index (χ1) is 14.0. The Balaban J connectivity index is 1.79. The zero-order valence-electron chi connectivity index (χ0n) is 15.3. The molecule has 1 aliphatic heterocycles. The van der Waals surface area contributed by atoms with Crippen LogP contribution in [0.2, 0.25) is 0 Å². The number of fused-ring (bicyclic) bond motifs is 2. The van der Waals surface area contributed by atoms with Gasteiger partial charge in [0.15, 0.2) is 0 Å². The summed E-state index contributed by atoms with van der Waals surface area (Å²) in [5.74, 6) is 0. The number of thioether (sulfide) groups is 1. The summed E-state index contributed by atoms with van der Waals surface area (Å²) in [6.45, 7) is -0.523. The lowest BCUT2D eigenvalue weighted by molar-refractivity contribution is -0.205. The van der Waals surface area contributed by atoms with Crippen molar-refractivity contribution in [1.82, 2.24) is 0 Å². The molecule has 5 N–H and O–H groups in total. The lowest BCUT2D eigenvalue weighted by Gasteiger charge is -2.39. The molecule has 0 unspecified atom stereocenters. The van der Waals surface area contributed by atoms with E-state index in [-0.39, 0.29) is 5.04 Å². The SMILES string of the molecule is OC[C@H]1O[C@@H](S/C(=N\O)c2c3ccccc3cc3ccccc23)[C@H](O)[C@@H](O)[C@@H]1O. The van der Waals surface area contributed by atoms with E-state index in [9.17, 15) is 25.6 Å². The van der Waals surface area contributed by atoms with Crippen molar-refractivity contribution in [2.75, 3.05) is 6.61 Å². The molecule has 3 aromatic rings. The smallest absolute Gasteiger partial charge is 0.146 e. The number of nitrogens with zero attached hydrogens (tertiary/aromatic N) is 1. The minimum atomic E-state index is -1.50. The fourth-order valence-electron chi connectivity index (χ4n) is 3.65.